The fraction of sp³-hybridized carbons (Fsp3) is 0.667. The molecule has 0 bridgehead atoms. The quantitative estimate of drug-likeness (QED) is 0.234. The molecule has 12 heteroatoms. The minimum Gasteiger partial charge on any atom is -0.479 e. The van der Waals surface area contributed by atoms with Gasteiger partial charge in [0.05, 0.1) is 0 Å². The van der Waals surface area contributed by atoms with Crippen LogP contribution in [0.25, 0.3) is 10.4 Å². The third-order valence-corrected chi connectivity index (χ3v) is 2.83. The first-order valence-electron chi connectivity index (χ1n) is 6.61. The molecule has 1 N–H and O–H groups in total. The number of aliphatic carboxylic acids is 1. The number of nitrogens with zero attached hydrogens (tertiary/aromatic N) is 3. The van der Waals surface area contributed by atoms with Gasteiger partial charge in [-0.3, -0.25) is 14.4 Å². The molecule has 0 aromatic heterocycles. The Morgan fingerprint density at radius 1 is 0.958 bits per heavy atom. The zero-order valence-electron chi connectivity index (χ0n) is 12.9. The van der Waals surface area contributed by atoms with Crippen molar-refractivity contribution >= 4 is 23.9 Å². The molecule has 0 spiro atoms. The molecule has 0 saturated carbocycles. The van der Waals surface area contributed by atoms with Crippen molar-refractivity contribution in [2.45, 2.75) is 51.4 Å². The van der Waals surface area contributed by atoms with Crippen LogP contribution in [0.2, 0.25) is 0 Å². The Hall–Kier alpha value is -2.85. The maximum atomic E-state index is 11.4. The highest BCUT2D eigenvalue weighted by Crippen LogP contribution is 2.29. The zero-order valence-corrected chi connectivity index (χ0v) is 12.9. The molecule has 132 valence electrons. The van der Waals surface area contributed by atoms with Crippen LogP contribution in [-0.2, 0) is 38.1 Å². The van der Waals surface area contributed by atoms with Crippen molar-refractivity contribution in [3.63, 3.8) is 0 Å². The van der Waals surface area contributed by atoms with Gasteiger partial charge >= 0.3 is 23.9 Å². The lowest BCUT2D eigenvalue weighted by Crippen LogP contribution is -2.62. The summed E-state index contributed by atoms with van der Waals surface area (Å²) in [5, 5.41) is 12.4. The van der Waals surface area contributed by atoms with Crippen LogP contribution in [0.3, 0.4) is 0 Å². The Morgan fingerprint density at radius 3 is 1.83 bits per heavy atom. The third-order valence-electron chi connectivity index (χ3n) is 2.83. The van der Waals surface area contributed by atoms with Crippen molar-refractivity contribution in [1.82, 2.24) is 0 Å². The summed E-state index contributed by atoms with van der Waals surface area (Å²) in [6, 6.07) is 0. The molecule has 0 aromatic carbocycles. The fourth-order valence-electron chi connectivity index (χ4n) is 2.13. The van der Waals surface area contributed by atoms with Crippen molar-refractivity contribution in [2.24, 2.45) is 5.11 Å². The van der Waals surface area contributed by atoms with Gasteiger partial charge in [-0.25, -0.2) is 4.79 Å². The highest BCUT2D eigenvalue weighted by atomic mass is 16.7. The van der Waals surface area contributed by atoms with E-state index in [1.165, 1.54) is 0 Å². The number of carboxylic acids is 1. The molecule has 1 fully saturated rings. The van der Waals surface area contributed by atoms with Crippen LogP contribution >= 0.6 is 0 Å². The number of esters is 3. The number of azide groups is 1. The van der Waals surface area contributed by atoms with Gasteiger partial charge in [-0.2, -0.15) is 0 Å². The standard InChI is InChI=1S/C12H15N3O9/c1-4(16)21-7-8(22-5(2)17)10(12(19)20)24-11(14-15-13)9(7)23-6(3)18/h7-11H,1-3H3,(H,19,20)/t7-,8-,9+,10-,11-/m0/s1. The van der Waals surface area contributed by atoms with E-state index in [0.29, 0.717) is 0 Å². The van der Waals surface area contributed by atoms with E-state index in [1.807, 2.05) is 0 Å². The fourth-order valence-corrected chi connectivity index (χ4v) is 2.13. The van der Waals surface area contributed by atoms with Crippen LogP contribution < -0.4 is 0 Å². The lowest BCUT2D eigenvalue weighted by molar-refractivity contribution is -0.246. The van der Waals surface area contributed by atoms with Crippen LogP contribution in [0.5, 0.6) is 0 Å². The average molecular weight is 345 g/mol. The van der Waals surface area contributed by atoms with Crippen molar-refractivity contribution in [2.75, 3.05) is 0 Å². The Morgan fingerprint density at radius 2 is 1.42 bits per heavy atom. The van der Waals surface area contributed by atoms with Crippen LogP contribution in [0.4, 0.5) is 0 Å². The highest BCUT2D eigenvalue weighted by molar-refractivity contribution is 5.75. The van der Waals surface area contributed by atoms with Gasteiger partial charge in [0.2, 0.25) is 0 Å². The average Bonchev–Trinajstić information content (AvgIpc) is 2.43. The number of carbonyl (C=O) groups is 4. The molecule has 0 amide bonds. The van der Waals surface area contributed by atoms with Gasteiger partial charge in [0.1, 0.15) is 0 Å². The van der Waals surface area contributed by atoms with E-state index < -0.39 is 54.5 Å². The van der Waals surface area contributed by atoms with E-state index in [-0.39, 0.29) is 0 Å². The number of carboxylic acid groups (broad SMARTS) is 1. The molecule has 0 aliphatic carbocycles. The summed E-state index contributed by atoms with van der Waals surface area (Å²) < 4.78 is 19.8. The van der Waals surface area contributed by atoms with Gasteiger partial charge in [-0.15, -0.1) is 0 Å². The predicted octanol–water partition coefficient (Wildman–Crippen LogP) is -0.0987. The molecule has 0 radical (unpaired) electrons. The molecule has 1 aliphatic rings. The number of hydrogen-bond donors (Lipinski definition) is 1. The lowest BCUT2D eigenvalue weighted by atomic mass is 9.97. The number of carbonyl (C=O) groups excluding carboxylic acids is 3. The number of hydrogen-bond acceptors (Lipinski definition) is 9. The van der Waals surface area contributed by atoms with Crippen LogP contribution in [0, 0.1) is 0 Å². The minimum absolute atomic E-state index is 0.839. The second kappa shape index (κ2) is 8.13. The predicted molar refractivity (Wildman–Crippen MR) is 72.1 cm³/mol. The third kappa shape index (κ3) is 4.83. The molecule has 5 atom stereocenters. The van der Waals surface area contributed by atoms with Gasteiger partial charge < -0.3 is 24.1 Å². The summed E-state index contributed by atoms with van der Waals surface area (Å²) in [5.41, 5.74) is 8.57. The molecule has 0 unspecified atom stereocenters. The maximum Gasteiger partial charge on any atom is 0.336 e. The summed E-state index contributed by atoms with van der Waals surface area (Å²) in [4.78, 5) is 47.7. The molecule has 1 aliphatic heterocycles. The molecule has 24 heavy (non-hydrogen) atoms. The summed E-state index contributed by atoms with van der Waals surface area (Å²) in [5.74, 6) is -4.14. The molecule has 1 rings (SSSR count). The van der Waals surface area contributed by atoms with E-state index in [9.17, 15) is 24.3 Å². The Bertz CT molecular complexity index is 558. The molecule has 1 heterocycles. The van der Waals surface area contributed by atoms with Gasteiger partial charge in [0.25, 0.3) is 0 Å². The highest BCUT2D eigenvalue weighted by Gasteiger charge is 2.54. The largest absolute Gasteiger partial charge is 0.479 e. The van der Waals surface area contributed by atoms with Gasteiger partial charge in [-0.05, 0) is 5.53 Å². The second-order valence-electron chi connectivity index (χ2n) is 4.71. The Balaban J connectivity index is 3.35. The molecule has 1 saturated heterocycles. The number of ether oxygens (including phenoxy) is 4. The van der Waals surface area contributed by atoms with E-state index in [1.54, 1.807) is 0 Å². The summed E-state index contributed by atoms with van der Waals surface area (Å²) in [7, 11) is 0. The van der Waals surface area contributed by atoms with E-state index in [2.05, 4.69) is 10.0 Å². The first-order chi connectivity index (χ1) is 11.2. The summed E-state index contributed by atoms with van der Waals surface area (Å²) in [6.45, 7) is 3.05. The van der Waals surface area contributed by atoms with Crippen molar-refractivity contribution in [1.29, 1.82) is 0 Å². The minimum atomic E-state index is -1.81. The SMILES string of the molecule is CC(=O)O[C@@H]1[C@@H](OC(C)=O)[C@@H](N=[N+]=[N-])O[C@H](C(=O)O)[C@H]1OC(C)=O. The molecule has 0 aromatic rings. The van der Waals surface area contributed by atoms with E-state index in [4.69, 9.17) is 24.5 Å². The normalized spacial score (nSPS) is 28.9. The molecule has 12 nitrogen and oxygen atoms in total. The lowest BCUT2D eigenvalue weighted by Gasteiger charge is -2.41. The van der Waals surface area contributed by atoms with E-state index in [0.717, 1.165) is 20.8 Å². The van der Waals surface area contributed by atoms with Gasteiger partial charge in [-0.1, -0.05) is 5.11 Å². The van der Waals surface area contributed by atoms with Gasteiger partial charge in [0, 0.05) is 25.7 Å². The topological polar surface area (TPSA) is 174 Å². The van der Waals surface area contributed by atoms with Gasteiger partial charge in [0.15, 0.2) is 30.6 Å². The monoisotopic (exact) mass is 345 g/mol. The number of rotatable bonds is 5. The summed E-state index contributed by atoms with van der Waals surface area (Å²) in [6.07, 6.45) is -8.06. The molecular weight excluding hydrogens is 330 g/mol. The first kappa shape index (κ1) is 19.2. The summed E-state index contributed by atoms with van der Waals surface area (Å²) >= 11 is 0. The van der Waals surface area contributed by atoms with Crippen LogP contribution in [0.15, 0.2) is 5.11 Å². The van der Waals surface area contributed by atoms with E-state index >= 15 is 0 Å². The van der Waals surface area contributed by atoms with Crippen LogP contribution in [-0.4, -0.2) is 59.6 Å². The Labute approximate surface area is 135 Å². The smallest absolute Gasteiger partial charge is 0.336 e. The molecular formula is C12H15N3O9. The second-order valence-corrected chi connectivity index (χ2v) is 4.71. The van der Waals surface area contributed by atoms with Crippen molar-refractivity contribution in [3.05, 3.63) is 10.4 Å². The first-order valence-corrected chi connectivity index (χ1v) is 6.61. The Kier molecular flexibility index (Phi) is 6.50. The zero-order chi connectivity index (χ0) is 18.4. The van der Waals surface area contributed by atoms with Crippen LogP contribution in [0.1, 0.15) is 20.8 Å². The maximum absolute atomic E-state index is 11.4. The van der Waals surface area contributed by atoms with Crippen molar-refractivity contribution in [3.8, 4) is 0 Å². The van der Waals surface area contributed by atoms with Crippen molar-refractivity contribution < 1.29 is 43.2 Å².